The summed E-state index contributed by atoms with van der Waals surface area (Å²) in [5.74, 6) is -1.11. The number of hydrogen-bond donors (Lipinski definition) is 2. The van der Waals surface area contributed by atoms with Crippen LogP contribution in [0.3, 0.4) is 0 Å². The molecule has 0 spiro atoms. The zero-order chi connectivity index (χ0) is 20.2. The number of rotatable bonds is 5. The highest BCUT2D eigenvalue weighted by Gasteiger charge is 2.17. The van der Waals surface area contributed by atoms with E-state index in [1.165, 1.54) is 16.8 Å². The average molecular weight is 384 g/mol. The maximum atomic E-state index is 13.1. The third-order valence-electron chi connectivity index (χ3n) is 4.34. The van der Waals surface area contributed by atoms with Gasteiger partial charge in [-0.1, -0.05) is 60.7 Å². The number of H-pyrrole nitrogens is 1. The Morgan fingerprint density at radius 2 is 1.45 bits per heavy atom. The summed E-state index contributed by atoms with van der Waals surface area (Å²) in [6, 6.07) is 24.7. The Labute approximate surface area is 165 Å². The molecular formula is C22H16N4O3. The van der Waals surface area contributed by atoms with E-state index in [4.69, 9.17) is 0 Å². The topological polar surface area (TPSA) is 99.8 Å². The number of aromatic amines is 1. The van der Waals surface area contributed by atoms with E-state index in [9.17, 15) is 14.7 Å². The van der Waals surface area contributed by atoms with Gasteiger partial charge in [-0.2, -0.15) is 0 Å². The van der Waals surface area contributed by atoms with E-state index in [1.54, 1.807) is 24.3 Å². The Morgan fingerprint density at radius 3 is 2.14 bits per heavy atom. The van der Waals surface area contributed by atoms with Crippen molar-refractivity contribution >= 4 is 17.3 Å². The lowest BCUT2D eigenvalue weighted by atomic mass is 10.1. The standard InChI is InChI=1S/C22H16N4O3/c27-21-20(24-23-18-14-8-7-13-17(18)22(28)29)19(15-9-3-1-4-10-15)25-26(21)16-11-5-2-6-12-16/h1-14,25H,(H,28,29). The van der Waals surface area contributed by atoms with Gasteiger partial charge in [0.05, 0.1) is 16.9 Å². The molecule has 0 fully saturated rings. The number of carbonyl (C=O) groups is 1. The van der Waals surface area contributed by atoms with Gasteiger partial charge in [-0.05, 0) is 24.3 Å². The molecule has 0 unspecified atom stereocenters. The molecule has 2 N–H and O–H groups in total. The van der Waals surface area contributed by atoms with Crippen LogP contribution >= 0.6 is 0 Å². The molecule has 0 radical (unpaired) electrons. The maximum absolute atomic E-state index is 13.1. The summed E-state index contributed by atoms with van der Waals surface area (Å²) in [5.41, 5.74) is 1.81. The van der Waals surface area contributed by atoms with Crippen molar-refractivity contribution < 1.29 is 9.90 Å². The van der Waals surface area contributed by atoms with Crippen LogP contribution in [-0.2, 0) is 0 Å². The predicted molar refractivity (Wildman–Crippen MR) is 109 cm³/mol. The van der Waals surface area contributed by atoms with Crippen molar-refractivity contribution in [2.75, 3.05) is 0 Å². The smallest absolute Gasteiger partial charge is 0.337 e. The van der Waals surface area contributed by atoms with Gasteiger partial charge in [-0.25, -0.2) is 9.48 Å². The molecular weight excluding hydrogens is 368 g/mol. The molecule has 4 aromatic rings. The lowest BCUT2D eigenvalue weighted by molar-refractivity contribution is 0.0697. The summed E-state index contributed by atoms with van der Waals surface area (Å²) in [6.07, 6.45) is 0. The van der Waals surface area contributed by atoms with E-state index in [2.05, 4.69) is 15.3 Å². The number of aromatic nitrogens is 2. The van der Waals surface area contributed by atoms with Gasteiger partial charge in [0.1, 0.15) is 5.69 Å². The molecule has 0 aliphatic heterocycles. The minimum absolute atomic E-state index is 0.0106. The number of nitrogens with zero attached hydrogens (tertiary/aromatic N) is 3. The number of azo groups is 1. The monoisotopic (exact) mass is 384 g/mol. The van der Waals surface area contributed by atoms with Crippen molar-refractivity contribution in [3.63, 3.8) is 0 Å². The number of nitrogens with one attached hydrogen (secondary N) is 1. The highest BCUT2D eigenvalue weighted by molar-refractivity contribution is 5.93. The van der Waals surface area contributed by atoms with Crippen LogP contribution in [0.15, 0.2) is 100.0 Å². The van der Waals surface area contributed by atoms with Crippen molar-refractivity contribution in [1.29, 1.82) is 0 Å². The van der Waals surface area contributed by atoms with Crippen LogP contribution in [-0.4, -0.2) is 20.9 Å². The highest BCUT2D eigenvalue weighted by Crippen LogP contribution is 2.29. The van der Waals surface area contributed by atoms with Crippen LogP contribution < -0.4 is 5.56 Å². The predicted octanol–water partition coefficient (Wildman–Crippen LogP) is 4.95. The first-order valence-electron chi connectivity index (χ1n) is 8.85. The van der Waals surface area contributed by atoms with E-state index in [1.807, 2.05) is 48.5 Å². The van der Waals surface area contributed by atoms with Crippen LogP contribution in [0.4, 0.5) is 11.4 Å². The van der Waals surface area contributed by atoms with Crippen LogP contribution in [0.25, 0.3) is 16.9 Å². The van der Waals surface area contributed by atoms with Gasteiger partial charge in [-0.15, -0.1) is 10.2 Å². The SMILES string of the molecule is O=C(O)c1ccccc1N=Nc1c(-c2ccccc2)[nH]n(-c2ccccc2)c1=O. The molecule has 0 saturated heterocycles. The normalized spacial score (nSPS) is 11.0. The first kappa shape index (κ1) is 18.1. The molecule has 0 aliphatic carbocycles. The van der Waals surface area contributed by atoms with Crippen molar-refractivity contribution in [2.24, 2.45) is 10.2 Å². The van der Waals surface area contributed by atoms with Crippen LogP contribution in [0, 0.1) is 0 Å². The average Bonchev–Trinajstić information content (AvgIpc) is 3.10. The van der Waals surface area contributed by atoms with Gasteiger partial charge < -0.3 is 5.11 Å². The van der Waals surface area contributed by atoms with Gasteiger partial charge in [0.15, 0.2) is 5.69 Å². The van der Waals surface area contributed by atoms with Crippen LogP contribution in [0.5, 0.6) is 0 Å². The Morgan fingerprint density at radius 1 is 0.828 bits per heavy atom. The summed E-state index contributed by atoms with van der Waals surface area (Å²) in [5, 5.41) is 20.6. The fourth-order valence-corrected chi connectivity index (χ4v) is 2.93. The summed E-state index contributed by atoms with van der Waals surface area (Å²) < 4.78 is 1.39. The van der Waals surface area contributed by atoms with Crippen LogP contribution in [0.1, 0.15) is 10.4 Å². The Hall–Kier alpha value is -4.26. The van der Waals surface area contributed by atoms with Gasteiger partial charge in [-0.3, -0.25) is 9.89 Å². The molecule has 0 bridgehead atoms. The second kappa shape index (κ2) is 7.77. The first-order chi connectivity index (χ1) is 14.1. The van der Waals surface area contributed by atoms with Crippen LogP contribution in [0.2, 0.25) is 0 Å². The van der Waals surface area contributed by atoms with E-state index < -0.39 is 5.97 Å². The second-order valence-electron chi connectivity index (χ2n) is 6.20. The fourth-order valence-electron chi connectivity index (χ4n) is 2.93. The van der Waals surface area contributed by atoms with Gasteiger partial charge in [0, 0.05) is 5.56 Å². The quantitative estimate of drug-likeness (QED) is 0.476. The molecule has 1 aromatic heterocycles. The van der Waals surface area contributed by atoms with E-state index >= 15 is 0 Å². The molecule has 0 saturated carbocycles. The number of carboxylic acids is 1. The van der Waals surface area contributed by atoms with Crippen molar-refractivity contribution in [2.45, 2.75) is 0 Å². The summed E-state index contributed by atoms with van der Waals surface area (Å²) in [4.78, 5) is 24.5. The van der Waals surface area contributed by atoms with Crippen molar-refractivity contribution in [3.05, 3.63) is 101 Å². The molecule has 7 heteroatoms. The molecule has 3 aromatic carbocycles. The minimum atomic E-state index is -1.11. The van der Waals surface area contributed by atoms with E-state index in [-0.39, 0.29) is 22.5 Å². The number of aromatic carboxylic acids is 1. The number of hydrogen-bond acceptors (Lipinski definition) is 4. The molecule has 0 aliphatic rings. The Kier molecular flexibility index (Phi) is 4.86. The Bertz CT molecular complexity index is 1240. The molecule has 0 amide bonds. The third-order valence-corrected chi connectivity index (χ3v) is 4.34. The van der Waals surface area contributed by atoms with Gasteiger partial charge >= 0.3 is 5.97 Å². The van der Waals surface area contributed by atoms with Gasteiger partial charge in [0.2, 0.25) is 0 Å². The summed E-state index contributed by atoms with van der Waals surface area (Å²) in [6.45, 7) is 0. The van der Waals surface area contributed by atoms with Gasteiger partial charge in [0.25, 0.3) is 5.56 Å². The summed E-state index contributed by atoms with van der Waals surface area (Å²) in [7, 11) is 0. The third kappa shape index (κ3) is 3.61. The molecule has 29 heavy (non-hydrogen) atoms. The van der Waals surface area contributed by atoms with E-state index in [0.29, 0.717) is 11.4 Å². The molecule has 142 valence electrons. The zero-order valence-electron chi connectivity index (χ0n) is 15.2. The lowest BCUT2D eigenvalue weighted by Gasteiger charge is -2.01. The first-order valence-corrected chi connectivity index (χ1v) is 8.85. The maximum Gasteiger partial charge on any atom is 0.337 e. The summed E-state index contributed by atoms with van der Waals surface area (Å²) >= 11 is 0. The minimum Gasteiger partial charge on any atom is -0.478 e. The zero-order valence-corrected chi connectivity index (χ0v) is 15.2. The molecule has 0 atom stereocenters. The molecule has 7 nitrogen and oxygen atoms in total. The largest absolute Gasteiger partial charge is 0.478 e. The van der Waals surface area contributed by atoms with Crippen molar-refractivity contribution in [3.8, 4) is 16.9 Å². The van der Waals surface area contributed by atoms with Crippen molar-refractivity contribution in [1.82, 2.24) is 9.78 Å². The number of carboxylic acid groups (broad SMARTS) is 1. The Balaban J connectivity index is 1.88. The fraction of sp³-hybridized carbons (Fsp3) is 0. The molecule has 4 rings (SSSR count). The number of benzene rings is 3. The lowest BCUT2D eigenvalue weighted by Crippen LogP contribution is -2.13. The molecule has 1 heterocycles. The number of para-hydroxylation sites is 1. The van der Waals surface area contributed by atoms with E-state index in [0.717, 1.165) is 5.56 Å². The second-order valence-corrected chi connectivity index (χ2v) is 6.20. The highest BCUT2D eigenvalue weighted by atomic mass is 16.4.